The van der Waals surface area contributed by atoms with Crippen LogP contribution in [0.1, 0.15) is 84.3 Å². The van der Waals surface area contributed by atoms with Crippen molar-refractivity contribution < 1.29 is 9.53 Å². The Morgan fingerprint density at radius 3 is 2.21 bits per heavy atom. The van der Waals surface area contributed by atoms with Gasteiger partial charge in [0, 0.05) is 0 Å². The zero-order chi connectivity index (χ0) is 20.8. The van der Waals surface area contributed by atoms with Crippen LogP contribution in [0.15, 0.2) is 36.4 Å². The standard InChI is InChI=1S/C25H40O2Si/c1-7-8-9-10-11-12-13-24(26)21-15-14-20-16-17-23(19-22(20)18-21)27-28(5,6)25(2,3)4/h14-19,24,26H,7-13H2,1-6H3. The number of aliphatic hydroxyl groups is 1. The number of rotatable bonds is 10. The third-order valence-corrected chi connectivity index (χ3v) is 10.6. The summed E-state index contributed by atoms with van der Waals surface area (Å²) in [6.45, 7) is 13.6. The Labute approximate surface area is 173 Å². The maximum atomic E-state index is 10.6. The molecule has 28 heavy (non-hydrogen) atoms. The summed E-state index contributed by atoms with van der Waals surface area (Å²) in [5.41, 5.74) is 1.02. The van der Waals surface area contributed by atoms with Gasteiger partial charge in [-0.15, -0.1) is 0 Å². The molecule has 2 aromatic rings. The molecule has 0 saturated carbocycles. The summed E-state index contributed by atoms with van der Waals surface area (Å²) in [6, 6.07) is 12.7. The molecule has 1 N–H and O–H groups in total. The van der Waals surface area contributed by atoms with Crippen LogP contribution in [0.4, 0.5) is 0 Å². The molecule has 0 fully saturated rings. The van der Waals surface area contributed by atoms with E-state index in [0.29, 0.717) is 0 Å². The molecular weight excluding hydrogens is 360 g/mol. The number of hydrogen-bond donors (Lipinski definition) is 1. The minimum atomic E-state index is -1.85. The first kappa shape index (κ1) is 23.0. The van der Waals surface area contributed by atoms with Crippen molar-refractivity contribution in [3.05, 3.63) is 42.0 Å². The van der Waals surface area contributed by atoms with Crippen molar-refractivity contribution in [3.63, 3.8) is 0 Å². The first-order valence-electron chi connectivity index (χ1n) is 11.0. The first-order chi connectivity index (χ1) is 13.1. The van der Waals surface area contributed by atoms with E-state index in [1.54, 1.807) is 0 Å². The molecule has 0 bridgehead atoms. The number of hydrogen-bond acceptors (Lipinski definition) is 2. The van der Waals surface area contributed by atoms with E-state index in [9.17, 15) is 5.11 Å². The smallest absolute Gasteiger partial charge is 0.250 e. The van der Waals surface area contributed by atoms with E-state index in [1.807, 2.05) is 0 Å². The Morgan fingerprint density at radius 2 is 1.54 bits per heavy atom. The van der Waals surface area contributed by atoms with Crippen LogP contribution >= 0.6 is 0 Å². The Hall–Kier alpha value is -1.32. The van der Waals surface area contributed by atoms with Crippen molar-refractivity contribution in [3.8, 4) is 5.75 Å². The first-order valence-corrected chi connectivity index (χ1v) is 14.0. The molecule has 0 aliphatic heterocycles. The predicted molar refractivity (Wildman–Crippen MR) is 125 cm³/mol. The van der Waals surface area contributed by atoms with Crippen LogP contribution in [0.2, 0.25) is 18.1 Å². The van der Waals surface area contributed by atoms with Crippen molar-refractivity contribution >= 4 is 19.1 Å². The Bertz CT molecular complexity index is 746. The van der Waals surface area contributed by atoms with Gasteiger partial charge in [0.2, 0.25) is 8.32 Å². The van der Waals surface area contributed by atoms with Gasteiger partial charge in [-0.1, -0.05) is 84.4 Å². The maximum Gasteiger partial charge on any atom is 0.250 e. The largest absolute Gasteiger partial charge is 0.543 e. The maximum absolute atomic E-state index is 10.6. The van der Waals surface area contributed by atoms with Gasteiger partial charge in [-0.3, -0.25) is 0 Å². The second-order valence-electron chi connectivity index (χ2n) is 9.70. The fourth-order valence-electron chi connectivity index (χ4n) is 3.25. The van der Waals surface area contributed by atoms with Gasteiger partial charge < -0.3 is 9.53 Å². The van der Waals surface area contributed by atoms with Crippen molar-refractivity contribution in [2.45, 2.75) is 96.9 Å². The Balaban J connectivity index is 2.05. The monoisotopic (exact) mass is 400 g/mol. The van der Waals surface area contributed by atoms with Crippen LogP contribution < -0.4 is 4.43 Å². The van der Waals surface area contributed by atoms with Gasteiger partial charge in [0.25, 0.3) is 0 Å². The average Bonchev–Trinajstić information content (AvgIpc) is 2.62. The third-order valence-electron chi connectivity index (χ3n) is 6.23. The van der Waals surface area contributed by atoms with Crippen molar-refractivity contribution in [1.29, 1.82) is 0 Å². The van der Waals surface area contributed by atoms with Gasteiger partial charge >= 0.3 is 0 Å². The summed E-state index contributed by atoms with van der Waals surface area (Å²) < 4.78 is 6.46. The van der Waals surface area contributed by atoms with E-state index in [-0.39, 0.29) is 11.1 Å². The van der Waals surface area contributed by atoms with E-state index in [0.717, 1.165) is 29.5 Å². The molecule has 0 heterocycles. The van der Waals surface area contributed by atoms with E-state index in [4.69, 9.17) is 4.43 Å². The molecule has 1 atom stereocenters. The molecule has 2 nitrogen and oxygen atoms in total. The SMILES string of the molecule is CCCCCCCCC(O)c1ccc2ccc(O[Si](C)(C)C(C)(C)C)cc2c1. The molecular formula is C25H40O2Si. The third kappa shape index (κ3) is 6.35. The fourth-order valence-corrected chi connectivity index (χ4v) is 4.27. The lowest BCUT2D eigenvalue weighted by Gasteiger charge is -2.36. The molecule has 0 aliphatic rings. The zero-order valence-corrected chi connectivity index (χ0v) is 19.8. The number of unbranched alkanes of at least 4 members (excludes halogenated alkanes) is 5. The van der Waals surface area contributed by atoms with E-state index < -0.39 is 8.32 Å². The molecule has 0 radical (unpaired) electrons. The lowest BCUT2D eigenvalue weighted by atomic mass is 9.99. The summed E-state index contributed by atoms with van der Waals surface area (Å²) in [7, 11) is -1.85. The minimum Gasteiger partial charge on any atom is -0.543 e. The Morgan fingerprint density at radius 1 is 0.893 bits per heavy atom. The lowest BCUT2D eigenvalue weighted by Crippen LogP contribution is -2.43. The van der Waals surface area contributed by atoms with Crippen LogP contribution in [0.3, 0.4) is 0 Å². The molecule has 0 aliphatic carbocycles. The number of fused-ring (bicyclic) bond motifs is 1. The summed E-state index contributed by atoms with van der Waals surface area (Å²) in [6.07, 6.45) is 7.99. The second kappa shape index (κ2) is 9.93. The molecule has 0 aromatic heterocycles. The van der Waals surface area contributed by atoms with Crippen molar-refractivity contribution in [2.24, 2.45) is 0 Å². The van der Waals surface area contributed by atoms with E-state index in [2.05, 4.69) is 77.2 Å². The lowest BCUT2D eigenvalue weighted by molar-refractivity contribution is 0.163. The highest BCUT2D eigenvalue weighted by molar-refractivity contribution is 6.74. The highest BCUT2D eigenvalue weighted by Gasteiger charge is 2.38. The number of aliphatic hydroxyl groups excluding tert-OH is 1. The van der Waals surface area contributed by atoms with Crippen LogP contribution in [0.25, 0.3) is 10.8 Å². The van der Waals surface area contributed by atoms with Crippen molar-refractivity contribution in [1.82, 2.24) is 0 Å². The summed E-state index contributed by atoms with van der Waals surface area (Å²) >= 11 is 0. The quantitative estimate of drug-likeness (QED) is 0.323. The molecule has 0 saturated heterocycles. The van der Waals surface area contributed by atoms with Gasteiger partial charge in [-0.25, -0.2) is 0 Å². The second-order valence-corrected chi connectivity index (χ2v) is 14.4. The molecule has 2 rings (SSSR count). The molecule has 3 heteroatoms. The summed E-state index contributed by atoms with van der Waals surface area (Å²) in [5, 5.41) is 13.1. The zero-order valence-electron chi connectivity index (χ0n) is 18.8. The molecule has 2 aromatic carbocycles. The Kier molecular flexibility index (Phi) is 8.14. The van der Waals surface area contributed by atoms with Gasteiger partial charge in [-0.2, -0.15) is 0 Å². The molecule has 0 amide bonds. The summed E-state index contributed by atoms with van der Waals surface area (Å²) in [5.74, 6) is 0.946. The van der Waals surface area contributed by atoms with Gasteiger partial charge in [0.05, 0.1) is 6.10 Å². The highest BCUT2D eigenvalue weighted by Crippen LogP contribution is 2.38. The van der Waals surface area contributed by atoms with Crippen LogP contribution in [0.5, 0.6) is 5.75 Å². The van der Waals surface area contributed by atoms with Crippen LogP contribution in [0, 0.1) is 0 Å². The predicted octanol–water partition coefficient (Wildman–Crippen LogP) is 8.01. The fraction of sp³-hybridized carbons (Fsp3) is 0.600. The summed E-state index contributed by atoms with van der Waals surface area (Å²) in [4.78, 5) is 0. The van der Waals surface area contributed by atoms with E-state index in [1.165, 1.54) is 37.5 Å². The molecule has 1 unspecified atom stereocenters. The molecule has 156 valence electrons. The van der Waals surface area contributed by atoms with E-state index >= 15 is 0 Å². The normalized spacial score (nSPS) is 13.7. The molecule has 0 spiro atoms. The van der Waals surface area contributed by atoms with Gasteiger partial charge in [-0.05, 0) is 59.1 Å². The van der Waals surface area contributed by atoms with Crippen molar-refractivity contribution in [2.75, 3.05) is 0 Å². The average molecular weight is 401 g/mol. The highest BCUT2D eigenvalue weighted by atomic mass is 28.4. The van der Waals surface area contributed by atoms with Gasteiger partial charge in [0.1, 0.15) is 5.75 Å². The topological polar surface area (TPSA) is 29.5 Å². The van der Waals surface area contributed by atoms with Crippen LogP contribution in [-0.2, 0) is 0 Å². The van der Waals surface area contributed by atoms with Crippen LogP contribution in [-0.4, -0.2) is 13.4 Å². The van der Waals surface area contributed by atoms with Gasteiger partial charge in [0.15, 0.2) is 0 Å². The minimum absolute atomic E-state index is 0.178. The number of benzene rings is 2.